The minimum absolute atomic E-state index is 0.155. The summed E-state index contributed by atoms with van der Waals surface area (Å²) < 4.78 is 15.1. The number of carboxylic acid groups (broad SMARTS) is 1. The van der Waals surface area contributed by atoms with E-state index < -0.39 is 12.1 Å². The number of nitrogens with zero attached hydrogens (tertiary/aromatic N) is 2. The Morgan fingerprint density at radius 1 is 1.16 bits per heavy atom. The van der Waals surface area contributed by atoms with E-state index in [1.807, 2.05) is 0 Å². The molecule has 2 aromatic rings. The maximum Gasteiger partial charge on any atom is 0.513 e. The highest BCUT2D eigenvalue weighted by atomic mass is 32.2. The molecular formula is C22H20N2O7S. The normalized spacial score (nSPS) is 15.8. The summed E-state index contributed by atoms with van der Waals surface area (Å²) in [5, 5.41) is 9.45. The first-order chi connectivity index (χ1) is 15.3. The third kappa shape index (κ3) is 5.27. The summed E-state index contributed by atoms with van der Waals surface area (Å²) in [5.74, 6) is -0.751. The lowest BCUT2D eigenvalue weighted by Crippen LogP contribution is -2.23. The first-order valence-electron chi connectivity index (χ1n) is 9.44. The van der Waals surface area contributed by atoms with Crippen LogP contribution in [0, 0.1) is 0 Å². The van der Waals surface area contributed by atoms with Gasteiger partial charge in [-0.1, -0.05) is 6.07 Å². The van der Waals surface area contributed by atoms with Gasteiger partial charge in [-0.25, -0.2) is 14.6 Å². The number of carbonyl (C=O) groups is 3. The van der Waals surface area contributed by atoms with Crippen molar-refractivity contribution in [2.24, 2.45) is 4.99 Å². The molecule has 1 amide bonds. The van der Waals surface area contributed by atoms with E-state index in [1.165, 1.54) is 35.9 Å². The number of hydrogen-bond acceptors (Lipinski definition) is 8. The minimum atomic E-state index is -1.02. The number of methoxy groups -OCH3 is 1. The lowest BCUT2D eigenvalue weighted by atomic mass is 10.2. The van der Waals surface area contributed by atoms with Gasteiger partial charge in [0.05, 0.1) is 29.9 Å². The molecule has 0 spiro atoms. The van der Waals surface area contributed by atoms with Crippen LogP contribution in [0.5, 0.6) is 11.5 Å². The lowest BCUT2D eigenvalue weighted by Gasteiger charge is -2.09. The number of amides is 1. The van der Waals surface area contributed by atoms with Crippen molar-refractivity contribution in [1.29, 1.82) is 0 Å². The summed E-state index contributed by atoms with van der Waals surface area (Å²) in [7, 11) is 3.05. The zero-order valence-corrected chi connectivity index (χ0v) is 18.3. The summed E-state index contributed by atoms with van der Waals surface area (Å²) in [5.41, 5.74) is 1.34. The fraction of sp³-hybridized carbons (Fsp3) is 0.182. The Bertz CT molecular complexity index is 1110. The Morgan fingerprint density at radius 2 is 1.88 bits per heavy atom. The molecule has 166 valence electrons. The van der Waals surface area contributed by atoms with E-state index in [-0.39, 0.29) is 23.8 Å². The zero-order valence-electron chi connectivity index (χ0n) is 17.5. The van der Waals surface area contributed by atoms with Crippen molar-refractivity contribution in [3.8, 4) is 11.5 Å². The molecule has 1 N–H and O–H groups in total. The average Bonchev–Trinajstić information content (AvgIpc) is 3.03. The van der Waals surface area contributed by atoms with Gasteiger partial charge in [0.25, 0.3) is 5.91 Å². The van der Waals surface area contributed by atoms with Crippen LogP contribution in [0.2, 0.25) is 0 Å². The summed E-state index contributed by atoms with van der Waals surface area (Å²) >= 11 is 1.19. The largest absolute Gasteiger partial charge is 0.513 e. The lowest BCUT2D eigenvalue weighted by molar-refractivity contribution is -0.121. The maximum absolute atomic E-state index is 12.7. The average molecular weight is 456 g/mol. The van der Waals surface area contributed by atoms with Gasteiger partial charge in [-0.3, -0.25) is 9.69 Å². The number of amidine groups is 1. The molecule has 1 saturated heterocycles. The Morgan fingerprint density at radius 3 is 2.50 bits per heavy atom. The van der Waals surface area contributed by atoms with E-state index >= 15 is 0 Å². The van der Waals surface area contributed by atoms with Crippen LogP contribution < -0.4 is 9.47 Å². The predicted molar refractivity (Wildman–Crippen MR) is 119 cm³/mol. The van der Waals surface area contributed by atoms with Crippen molar-refractivity contribution in [2.45, 2.75) is 6.92 Å². The van der Waals surface area contributed by atoms with Gasteiger partial charge in [0.2, 0.25) is 0 Å². The number of aromatic carboxylic acids is 1. The molecule has 9 nitrogen and oxygen atoms in total. The van der Waals surface area contributed by atoms with Gasteiger partial charge in [0.1, 0.15) is 0 Å². The van der Waals surface area contributed by atoms with Crippen molar-refractivity contribution in [3.63, 3.8) is 0 Å². The van der Waals surface area contributed by atoms with Gasteiger partial charge in [0.15, 0.2) is 16.7 Å². The Kier molecular flexibility index (Phi) is 7.16. The van der Waals surface area contributed by atoms with E-state index in [1.54, 1.807) is 50.4 Å². The fourth-order valence-corrected chi connectivity index (χ4v) is 3.67. The van der Waals surface area contributed by atoms with Crippen molar-refractivity contribution < 1.29 is 33.7 Å². The number of thioether (sulfide) groups is 1. The molecule has 1 heterocycles. The number of hydrogen-bond donors (Lipinski definition) is 1. The molecule has 0 aromatic heterocycles. The van der Waals surface area contributed by atoms with Crippen LogP contribution in [-0.2, 0) is 9.53 Å². The number of carbonyl (C=O) groups excluding carboxylic acids is 2. The number of carboxylic acids is 1. The molecule has 10 heteroatoms. The molecule has 1 aliphatic rings. The number of benzene rings is 2. The quantitative estimate of drug-likeness (QED) is 0.391. The first kappa shape index (κ1) is 22.9. The van der Waals surface area contributed by atoms with E-state index in [0.717, 1.165) is 0 Å². The first-order valence-corrected chi connectivity index (χ1v) is 10.3. The van der Waals surface area contributed by atoms with Crippen LogP contribution in [0.1, 0.15) is 22.8 Å². The molecule has 1 aliphatic heterocycles. The van der Waals surface area contributed by atoms with Crippen LogP contribution in [0.4, 0.5) is 10.5 Å². The molecule has 0 aliphatic carbocycles. The highest BCUT2D eigenvalue weighted by molar-refractivity contribution is 8.18. The third-order valence-corrected chi connectivity index (χ3v) is 5.34. The third-order valence-electron chi connectivity index (χ3n) is 4.28. The molecule has 3 rings (SSSR count). The summed E-state index contributed by atoms with van der Waals surface area (Å²) in [4.78, 5) is 41.5. The smallest absolute Gasteiger partial charge is 0.493 e. The van der Waals surface area contributed by atoms with Crippen molar-refractivity contribution in [1.82, 2.24) is 4.90 Å². The molecule has 0 saturated carbocycles. The van der Waals surface area contributed by atoms with Crippen molar-refractivity contribution in [3.05, 3.63) is 58.5 Å². The standard InChI is InChI=1S/C22H20N2O7S/c1-4-30-22(28)31-16-10-5-13(11-17(16)29-3)12-18-19(25)24(2)21(32-18)23-15-8-6-14(7-9-15)20(26)27/h5-12H,4H2,1-3H3,(H,26,27)/b18-12+,23-21?. The van der Waals surface area contributed by atoms with Crippen molar-refractivity contribution >= 4 is 46.7 Å². The van der Waals surface area contributed by atoms with Gasteiger partial charge in [-0.2, -0.15) is 0 Å². The highest BCUT2D eigenvalue weighted by Crippen LogP contribution is 2.35. The molecule has 32 heavy (non-hydrogen) atoms. The highest BCUT2D eigenvalue weighted by Gasteiger charge is 2.30. The van der Waals surface area contributed by atoms with E-state index in [0.29, 0.717) is 27.1 Å². The minimum Gasteiger partial charge on any atom is -0.493 e. The SMILES string of the molecule is CCOC(=O)Oc1ccc(/C=C2/SC(=Nc3ccc(C(=O)O)cc3)N(C)C2=O)cc1OC. The monoisotopic (exact) mass is 456 g/mol. The van der Waals surface area contributed by atoms with Gasteiger partial charge in [0, 0.05) is 7.05 Å². The summed E-state index contributed by atoms with van der Waals surface area (Å²) in [6, 6.07) is 10.9. The molecule has 0 atom stereocenters. The Labute approximate surface area is 188 Å². The number of likely N-dealkylation sites (N-methyl/N-ethyl adjacent to an activating group) is 1. The van der Waals surface area contributed by atoms with Crippen LogP contribution >= 0.6 is 11.8 Å². The second kappa shape index (κ2) is 10.0. The zero-order chi connectivity index (χ0) is 23.3. The van der Waals surface area contributed by atoms with Crippen LogP contribution in [0.15, 0.2) is 52.4 Å². The molecule has 1 fully saturated rings. The molecular weight excluding hydrogens is 436 g/mol. The van der Waals surface area contributed by atoms with E-state index in [2.05, 4.69) is 4.99 Å². The van der Waals surface area contributed by atoms with E-state index in [4.69, 9.17) is 19.3 Å². The topological polar surface area (TPSA) is 115 Å². The molecule has 0 radical (unpaired) electrons. The second-order valence-corrected chi connectivity index (χ2v) is 7.43. The number of rotatable bonds is 6. The van der Waals surface area contributed by atoms with Gasteiger partial charge >= 0.3 is 12.1 Å². The Hall–Kier alpha value is -3.79. The van der Waals surface area contributed by atoms with Gasteiger partial charge in [-0.15, -0.1) is 0 Å². The maximum atomic E-state index is 12.7. The van der Waals surface area contributed by atoms with Crippen LogP contribution in [0.3, 0.4) is 0 Å². The summed E-state index contributed by atoms with van der Waals surface area (Å²) in [6.45, 7) is 1.86. The fourth-order valence-electron chi connectivity index (χ4n) is 2.69. The number of ether oxygens (including phenoxy) is 3. The predicted octanol–water partition coefficient (Wildman–Crippen LogP) is 4.16. The number of aliphatic imine (C=N–C) groups is 1. The van der Waals surface area contributed by atoms with Gasteiger partial charge in [-0.05, 0) is 66.7 Å². The van der Waals surface area contributed by atoms with Gasteiger partial charge < -0.3 is 19.3 Å². The van der Waals surface area contributed by atoms with Crippen molar-refractivity contribution in [2.75, 3.05) is 20.8 Å². The summed E-state index contributed by atoms with van der Waals surface area (Å²) in [6.07, 6.45) is 0.841. The van der Waals surface area contributed by atoms with Crippen LogP contribution in [0.25, 0.3) is 6.08 Å². The molecule has 0 unspecified atom stereocenters. The van der Waals surface area contributed by atoms with Crippen LogP contribution in [-0.4, -0.2) is 54.0 Å². The van der Waals surface area contributed by atoms with E-state index in [9.17, 15) is 14.4 Å². The molecule has 0 bridgehead atoms. The second-order valence-electron chi connectivity index (χ2n) is 6.42. The molecule has 2 aromatic carbocycles. The Balaban J connectivity index is 1.82.